The van der Waals surface area contributed by atoms with Crippen LogP contribution in [0, 0.1) is 13.8 Å². The molecule has 0 nitrogen and oxygen atoms in total. The molecule has 0 aliphatic heterocycles. The van der Waals surface area contributed by atoms with Gasteiger partial charge in [-0.1, -0.05) is 84.9 Å². The van der Waals surface area contributed by atoms with Crippen molar-refractivity contribution in [3.8, 4) is 22.3 Å². The minimum absolute atomic E-state index is 1.01. The summed E-state index contributed by atoms with van der Waals surface area (Å²) in [5.41, 5.74) is 11.3. The Morgan fingerprint density at radius 3 is 1.70 bits per heavy atom. The van der Waals surface area contributed by atoms with Crippen molar-refractivity contribution in [2.24, 2.45) is 0 Å². The van der Waals surface area contributed by atoms with Gasteiger partial charge in [0.25, 0.3) is 0 Å². The third kappa shape index (κ3) is 2.64. The number of fused-ring (bicyclic) bond motifs is 7. The maximum absolute atomic E-state index is 2.41. The Bertz CT molecular complexity index is 1750. The molecule has 6 aromatic carbocycles. The van der Waals surface area contributed by atoms with Crippen molar-refractivity contribution in [3.63, 3.8) is 0 Å². The zero-order valence-electron chi connectivity index (χ0n) is 18.9. The molecule has 0 heterocycles. The van der Waals surface area contributed by atoms with Gasteiger partial charge in [-0.2, -0.15) is 0 Å². The van der Waals surface area contributed by atoms with Gasteiger partial charge in [-0.25, -0.2) is 0 Å². The summed E-state index contributed by atoms with van der Waals surface area (Å²) >= 11 is 0. The van der Waals surface area contributed by atoms with Gasteiger partial charge in [0.05, 0.1) is 0 Å². The first-order valence-corrected chi connectivity index (χ1v) is 11.7. The summed E-state index contributed by atoms with van der Waals surface area (Å²) in [6.45, 7) is 4.59. The van der Waals surface area contributed by atoms with E-state index in [0.29, 0.717) is 0 Å². The number of benzene rings is 6. The third-order valence-corrected chi connectivity index (χ3v) is 7.57. The maximum atomic E-state index is 2.41. The number of rotatable bonds is 1. The lowest BCUT2D eigenvalue weighted by Gasteiger charge is -2.19. The van der Waals surface area contributed by atoms with Crippen LogP contribution in [0.25, 0.3) is 54.6 Å². The second-order valence-electron chi connectivity index (χ2n) is 9.45. The van der Waals surface area contributed by atoms with E-state index in [0.717, 1.165) is 6.42 Å². The monoisotopic (exact) mass is 420 g/mol. The first-order valence-electron chi connectivity index (χ1n) is 11.7. The molecule has 0 saturated heterocycles. The summed E-state index contributed by atoms with van der Waals surface area (Å²) in [6, 6.07) is 36.0. The van der Waals surface area contributed by atoms with E-state index in [1.54, 1.807) is 0 Å². The summed E-state index contributed by atoms with van der Waals surface area (Å²) < 4.78 is 0. The Morgan fingerprint density at radius 2 is 1.03 bits per heavy atom. The molecule has 156 valence electrons. The van der Waals surface area contributed by atoms with Crippen LogP contribution in [0.4, 0.5) is 0 Å². The van der Waals surface area contributed by atoms with E-state index in [2.05, 4.69) is 111 Å². The largest absolute Gasteiger partial charge is 0.0616 e. The van der Waals surface area contributed by atoms with Crippen LogP contribution in [-0.2, 0) is 6.42 Å². The number of hydrogen-bond donors (Lipinski definition) is 0. The highest BCUT2D eigenvalue weighted by Gasteiger charge is 2.26. The number of hydrogen-bond acceptors (Lipinski definition) is 0. The minimum atomic E-state index is 1.01. The van der Waals surface area contributed by atoms with Crippen molar-refractivity contribution in [1.29, 1.82) is 0 Å². The highest BCUT2D eigenvalue weighted by molar-refractivity contribution is 6.11. The van der Waals surface area contributed by atoms with Crippen LogP contribution < -0.4 is 0 Å². The molecule has 0 fully saturated rings. The Morgan fingerprint density at radius 1 is 0.515 bits per heavy atom. The standard InChI is InChI=1S/C33H24/c1-20-15-22-9-3-5-11-24(22)17-29(20)32-21(2)30-19-26-16-23-10-4-6-12-25(23)18-31(26)33(30)28-14-8-7-13-27(28)32/h3-18H,19H2,1-2H3. The SMILES string of the molecule is Cc1cc2ccccc2cc1-c1c(C)c2c(c3ccccc13)-c1cc3ccccc3cc1C2. The fraction of sp³-hybridized carbons (Fsp3) is 0.0909. The summed E-state index contributed by atoms with van der Waals surface area (Å²) in [5, 5.41) is 7.98. The quantitative estimate of drug-likeness (QED) is 0.248. The summed E-state index contributed by atoms with van der Waals surface area (Å²) in [6.07, 6.45) is 1.01. The van der Waals surface area contributed by atoms with Crippen LogP contribution in [0.5, 0.6) is 0 Å². The molecule has 1 aliphatic rings. The van der Waals surface area contributed by atoms with Gasteiger partial charge < -0.3 is 0 Å². The molecule has 0 radical (unpaired) electrons. The smallest absolute Gasteiger partial charge is 0.00101 e. The predicted molar refractivity (Wildman–Crippen MR) is 142 cm³/mol. The van der Waals surface area contributed by atoms with Crippen LogP contribution >= 0.6 is 0 Å². The van der Waals surface area contributed by atoms with Crippen molar-refractivity contribution in [1.82, 2.24) is 0 Å². The van der Waals surface area contributed by atoms with Crippen LogP contribution in [0.3, 0.4) is 0 Å². The van der Waals surface area contributed by atoms with Crippen molar-refractivity contribution in [2.75, 3.05) is 0 Å². The van der Waals surface area contributed by atoms with E-state index in [1.165, 1.54) is 76.8 Å². The van der Waals surface area contributed by atoms with E-state index >= 15 is 0 Å². The van der Waals surface area contributed by atoms with Gasteiger partial charge in [0.2, 0.25) is 0 Å². The second-order valence-corrected chi connectivity index (χ2v) is 9.45. The molecule has 0 atom stereocenters. The topological polar surface area (TPSA) is 0 Å². The molecule has 7 rings (SSSR count). The van der Waals surface area contributed by atoms with Gasteiger partial charge in [0.15, 0.2) is 0 Å². The molecule has 0 bridgehead atoms. The van der Waals surface area contributed by atoms with Gasteiger partial charge in [-0.3, -0.25) is 0 Å². The maximum Gasteiger partial charge on any atom is -0.00101 e. The normalized spacial score (nSPS) is 12.4. The van der Waals surface area contributed by atoms with Crippen LogP contribution in [0.15, 0.2) is 97.1 Å². The number of aryl methyl sites for hydroxylation is 1. The van der Waals surface area contributed by atoms with Gasteiger partial charge in [-0.15, -0.1) is 0 Å². The lowest BCUT2D eigenvalue weighted by molar-refractivity contribution is 1.23. The molecule has 1 aliphatic carbocycles. The summed E-state index contributed by atoms with van der Waals surface area (Å²) in [4.78, 5) is 0. The highest BCUT2D eigenvalue weighted by Crippen LogP contribution is 2.49. The molecule has 0 saturated carbocycles. The molecule has 0 N–H and O–H groups in total. The van der Waals surface area contributed by atoms with Crippen molar-refractivity contribution >= 4 is 32.3 Å². The highest BCUT2D eigenvalue weighted by atomic mass is 14.3. The Kier molecular flexibility index (Phi) is 3.84. The molecule has 6 aromatic rings. The Balaban J connectivity index is 1.58. The molecule has 0 unspecified atom stereocenters. The summed E-state index contributed by atoms with van der Waals surface area (Å²) in [7, 11) is 0. The predicted octanol–water partition coefficient (Wildman–Crippen LogP) is 9.00. The molecule has 0 amide bonds. The second kappa shape index (κ2) is 6.80. The molecular weight excluding hydrogens is 396 g/mol. The van der Waals surface area contributed by atoms with Crippen molar-refractivity contribution < 1.29 is 0 Å². The third-order valence-electron chi connectivity index (χ3n) is 7.57. The van der Waals surface area contributed by atoms with Gasteiger partial charge in [0, 0.05) is 0 Å². The van der Waals surface area contributed by atoms with Crippen LogP contribution in [0.2, 0.25) is 0 Å². The molecule has 0 aromatic heterocycles. The lowest BCUT2D eigenvalue weighted by Crippen LogP contribution is -1.96. The lowest BCUT2D eigenvalue weighted by atomic mass is 9.84. The van der Waals surface area contributed by atoms with E-state index in [9.17, 15) is 0 Å². The fourth-order valence-corrected chi connectivity index (χ4v) is 5.98. The van der Waals surface area contributed by atoms with E-state index < -0.39 is 0 Å². The molecule has 0 heteroatoms. The van der Waals surface area contributed by atoms with Crippen LogP contribution in [-0.4, -0.2) is 0 Å². The summed E-state index contributed by atoms with van der Waals surface area (Å²) in [5.74, 6) is 0. The van der Waals surface area contributed by atoms with Crippen molar-refractivity contribution in [2.45, 2.75) is 20.3 Å². The minimum Gasteiger partial charge on any atom is -0.0616 e. The Labute approximate surface area is 194 Å². The van der Waals surface area contributed by atoms with Crippen molar-refractivity contribution in [3.05, 3.63) is 119 Å². The van der Waals surface area contributed by atoms with Crippen LogP contribution in [0.1, 0.15) is 22.3 Å². The first kappa shape index (κ1) is 18.7. The first-order chi connectivity index (χ1) is 16.2. The zero-order valence-corrected chi connectivity index (χ0v) is 18.9. The van der Waals surface area contributed by atoms with E-state index in [1.807, 2.05) is 0 Å². The molecule has 0 spiro atoms. The van der Waals surface area contributed by atoms with Gasteiger partial charge in [0.1, 0.15) is 0 Å². The average Bonchev–Trinajstić information content (AvgIpc) is 3.22. The zero-order chi connectivity index (χ0) is 22.1. The average molecular weight is 421 g/mol. The van der Waals surface area contributed by atoms with Gasteiger partial charge in [-0.05, 0) is 109 Å². The fourth-order valence-electron chi connectivity index (χ4n) is 5.98. The Hall–Kier alpha value is -3.90. The molecule has 33 heavy (non-hydrogen) atoms. The van der Waals surface area contributed by atoms with E-state index in [4.69, 9.17) is 0 Å². The van der Waals surface area contributed by atoms with E-state index in [-0.39, 0.29) is 0 Å². The van der Waals surface area contributed by atoms with Gasteiger partial charge >= 0.3 is 0 Å². The molecular formula is C33H24.